The molecule has 172 valence electrons. The highest BCUT2D eigenvalue weighted by Crippen LogP contribution is 2.32. The summed E-state index contributed by atoms with van der Waals surface area (Å²) in [5.41, 5.74) is 1.72. The van der Waals surface area contributed by atoms with E-state index in [4.69, 9.17) is 9.47 Å². The van der Waals surface area contributed by atoms with Gasteiger partial charge in [-0.05, 0) is 55.0 Å². The number of rotatable bonds is 4. The molecule has 0 N–H and O–H groups in total. The Morgan fingerprint density at radius 1 is 1.16 bits per heavy atom. The molecule has 0 radical (unpaired) electrons. The second-order valence-corrected chi connectivity index (χ2v) is 7.29. The number of hydrogen-bond donors (Lipinski definition) is 0. The third-order valence-electron chi connectivity index (χ3n) is 5.30. The van der Waals surface area contributed by atoms with Gasteiger partial charge in [0.2, 0.25) is 0 Å². The second-order valence-electron chi connectivity index (χ2n) is 7.29. The summed E-state index contributed by atoms with van der Waals surface area (Å²) in [6, 6.07) is 10.6. The Bertz CT molecular complexity index is 1050. The quantitative estimate of drug-likeness (QED) is 0.449. The van der Waals surface area contributed by atoms with E-state index >= 15 is 0 Å². The lowest BCUT2D eigenvalue weighted by Crippen LogP contribution is -2.19. The fraction of sp³-hybridized carbons (Fsp3) is 0.417. The predicted octanol–water partition coefficient (Wildman–Crippen LogP) is 6.16. The summed E-state index contributed by atoms with van der Waals surface area (Å²) in [7, 11) is 1.29. The van der Waals surface area contributed by atoms with Crippen molar-refractivity contribution in [2.75, 3.05) is 13.7 Å². The molecule has 0 spiro atoms. The molecule has 3 aromatic rings. The standard InChI is InChI=1S/C22H21F3N2O3.C2H6/c1-29-21(28)20-19-15(13-14-8-10-16(11-9-14)22(23,24)25)5-4-6-17(19)27(26-20)18-7-2-3-12-30-18;1-2/h4-6,8-11,18H,2-3,7,12-13H2,1H3;1-2H3. The first-order chi connectivity index (χ1) is 15.4. The Labute approximate surface area is 185 Å². The summed E-state index contributed by atoms with van der Waals surface area (Å²) in [6.07, 6.45) is -1.50. The third-order valence-corrected chi connectivity index (χ3v) is 5.30. The van der Waals surface area contributed by atoms with Crippen LogP contribution in [0.4, 0.5) is 13.2 Å². The monoisotopic (exact) mass is 448 g/mol. The molecule has 32 heavy (non-hydrogen) atoms. The number of aromatic nitrogens is 2. The summed E-state index contributed by atoms with van der Waals surface area (Å²) in [5, 5.41) is 5.14. The molecule has 1 atom stereocenters. The first kappa shape index (κ1) is 23.8. The van der Waals surface area contributed by atoms with Crippen LogP contribution in [0.1, 0.15) is 66.5 Å². The van der Waals surface area contributed by atoms with Crippen molar-refractivity contribution >= 4 is 16.9 Å². The van der Waals surface area contributed by atoms with E-state index in [1.54, 1.807) is 4.68 Å². The molecule has 2 aromatic carbocycles. The first-order valence-corrected chi connectivity index (χ1v) is 10.7. The zero-order chi connectivity index (χ0) is 23.3. The molecular formula is C24H27F3N2O3. The molecule has 1 unspecified atom stereocenters. The Kier molecular flexibility index (Phi) is 7.56. The minimum absolute atomic E-state index is 0.184. The molecule has 1 aliphatic heterocycles. The van der Waals surface area contributed by atoms with Crippen LogP contribution in [0.2, 0.25) is 0 Å². The van der Waals surface area contributed by atoms with Gasteiger partial charge >= 0.3 is 12.1 Å². The lowest BCUT2D eigenvalue weighted by atomic mass is 9.99. The van der Waals surface area contributed by atoms with Crippen LogP contribution in [-0.2, 0) is 22.1 Å². The largest absolute Gasteiger partial charge is 0.464 e. The molecule has 0 saturated carbocycles. The topological polar surface area (TPSA) is 53.3 Å². The van der Waals surface area contributed by atoms with E-state index in [9.17, 15) is 18.0 Å². The normalized spacial score (nSPS) is 16.4. The maximum Gasteiger partial charge on any atom is 0.416 e. The Hall–Kier alpha value is -2.87. The molecule has 0 bridgehead atoms. The molecule has 8 heteroatoms. The predicted molar refractivity (Wildman–Crippen MR) is 116 cm³/mol. The fourth-order valence-corrected chi connectivity index (χ4v) is 3.82. The number of carbonyl (C=O) groups is 1. The number of halogens is 3. The number of carbonyl (C=O) groups excluding carboxylic acids is 1. The Balaban J connectivity index is 0.00000141. The summed E-state index contributed by atoms with van der Waals surface area (Å²) in [5.74, 6) is -0.561. The van der Waals surface area contributed by atoms with Gasteiger partial charge in [0.15, 0.2) is 11.9 Å². The zero-order valence-electron chi connectivity index (χ0n) is 18.4. The molecule has 0 aliphatic carbocycles. The number of ether oxygens (including phenoxy) is 2. The molecule has 1 aliphatic rings. The number of benzene rings is 2. The van der Waals surface area contributed by atoms with Crippen LogP contribution >= 0.6 is 0 Å². The number of hydrogen-bond acceptors (Lipinski definition) is 4. The molecule has 1 aromatic heterocycles. The van der Waals surface area contributed by atoms with E-state index < -0.39 is 17.7 Å². The SMILES string of the molecule is CC.COC(=O)c1nn(C2CCCCO2)c2cccc(Cc3ccc(C(F)(F)F)cc3)c12. The summed E-state index contributed by atoms with van der Waals surface area (Å²) >= 11 is 0. The molecule has 2 heterocycles. The summed E-state index contributed by atoms with van der Waals surface area (Å²) in [6.45, 7) is 4.63. The van der Waals surface area contributed by atoms with Crippen molar-refractivity contribution in [3.63, 3.8) is 0 Å². The van der Waals surface area contributed by atoms with Gasteiger partial charge in [-0.2, -0.15) is 18.3 Å². The van der Waals surface area contributed by atoms with Gasteiger partial charge in [-0.15, -0.1) is 0 Å². The zero-order valence-corrected chi connectivity index (χ0v) is 18.4. The number of fused-ring (bicyclic) bond motifs is 1. The van der Waals surface area contributed by atoms with Gasteiger partial charge in [0.05, 0.1) is 18.2 Å². The van der Waals surface area contributed by atoms with E-state index in [2.05, 4.69) is 5.10 Å². The van der Waals surface area contributed by atoms with E-state index in [0.717, 1.165) is 42.5 Å². The number of alkyl halides is 3. The maximum atomic E-state index is 12.8. The number of methoxy groups -OCH3 is 1. The summed E-state index contributed by atoms with van der Waals surface area (Å²) in [4.78, 5) is 12.4. The highest BCUT2D eigenvalue weighted by atomic mass is 19.4. The van der Waals surface area contributed by atoms with Crippen molar-refractivity contribution in [1.29, 1.82) is 0 Å². The van der Waals surface area contributed by atoms with E-state index in [1.807, 2.05) is 32.0 Å². The van der Waals surface area contributed by atoms with E-state index in [0.29, 0.717) is 24.0 Å². The van der Waals surface area contributed by atoms with Crippen molar-refractivity contribution in [3.05, 3.63) is 64.8 Å². The summed E-state index contributed by atoms with van der Waals surface area (Å²) < 4.78 is 51.0. The van der Waals surface area contributed by atoms with Crippen LogP contribution < -0.4 is 0 Å². The van der Waals surface area contributed by atoms with Crippen molar-refractivity contribution in [2.24, 2.45) is 0 Å². The minimum Gasteiger partial charge on any atom is -0.464 e. The highest BCUT2D eigenvalue weighted by molar-refractivity contribution is 6.03. The lowest BCUT2D eigenvalue weighted by molar-refractivity contribution is -0.137. The molecule has 4 rings (SSSR count). The van der Waals surface area contributed by atoms with Crippen LogP contribution in [-0.4, -0.2) is 29.5 Å². The third kappa shape index (κ3) is 4.96. The van der Waals surface area contributed by atoms with Gasteiger partial charge in [0.25, 0.3) is 0 Å². The van der Waals surface area contributed by atoms with Gasteiger partial charge in [-0.3, -0.25) is 0 Å². The van der Waals surface area contributed by atoms with Crippen molar-refractivity contribution < 1.29 is 27.4 Å². The maximum absolute atomic E-state index is 12.8. The minimum atomic E-state index is -4.38. The highest BCUT2D eigenvalue weighted by Gasteiger charge is 2.30. The van der Waals surface area contributed by atoms with E-state index in [1.165, 1.54) is 19.2 Å². The molecule has 1 saturated heterocycles. The lowest BCUT2D eigenvalue weighted by Gasteiger charge is -2.23. The average molecular weight is 448 g/mol. The van der Waals surface area contributed by atoms with Crippen molar-refractivity contribution in [3.8, 4) is 0 Å². The first-order valence-electron chi connectivity index (χ1n) is 10.7. The van der Waals surface area contributed by atoms with Crippen LogP contribution in [0.3, 0.4) is 0 Å². The number of nitrogens with zero attached hydrogens (tertiary/aromatic N) is 2. The second kappa shape index (κ2) is 10.2. The van der Waals surface area contributed by atoms with Crippen LogP contribution in [0.15, 0.2) is 42.5 Å². The van der Waals surface area contributed by atoms with Crippen LogP contribution in [0.5, 0.6) is 0 Å². The van der Waals surface area contributed by atoms with Gasteiger partial charge < -0.3 is 9.47 Å². The van der Waals surface area contributed by atoms with E-state index in [-0.39, 0.29) is 11.9 Å². The van der Waals surface area contributed by atoms with Gasteiger partial charge in [0.1, 0.15) is 0 Å². The average Bonchev–Trinajstić information content (AvgIpc) is 3.21. The molecule has 5 nitrogen and oxygen atoms in total. The van der Waals surface area contributed by atoms with Crippen molar-refractivity contribution in [2.45, 2.75) is 51.9 Å². The number of esters is 1. The van der Waals surface area contributed by atoms with Gasteiger partial charge in [-0.25, -0.2) is 9.48 Å². The van der Waals surface area contributed by atoms with Gasteiger partial charge in [0, 0.05) is 12.0 Å². The molecule has 0 amide bonds. The van der Waals surface area contributed by atoms with Crippen molar-refractivity contribution in [1.82, 2.24) is 9.78 Å². The Morgan fingerprint density at radius 3 is 2.47 bits per heavy atom. The smallest absolute Gasteiger partial charge is 0.416 e. The Morgan fingerprint density at radius 2 is 1.88 bits per heavy atom. The van der Waals surface area contributed by atoms with Gasteiger partial charge in [-0.1, -0.05) is 38.1 Å². The molecule has 1 fully saturated rings. The van der Waals surface area contributed by atoms with Crippen LogP contribution in [0, 0.1) is 0 Å². The van der Waals surface area contributed by atoms with Crippen LogP contribution in [0.25, 0.3) is 10.9 Å². The molecular weight excluding hydrogens is 421 g/mol. The fourth-order valence-electron chi connectivity index (χ4n) is 3.82.